The Morgan fingerprint density at radius 1 is 1.20 bits per heavy atom. The number of aromatic amines is 1. The van der Waals surface area contributed by atoms with Gasteiger partial charge in [0.1, 0.15) is 23.7 Å². The molecule has 1 aromatic carbocycles. The molecule has 0 spiro atoms. The lowest BCUT2D eigenvalue weighted by Gasteiger charge is -2.50. The van der Waals surface area contributed by atoms with Crippen LogP contribution in [0.3, 0.4) is 0 Å². The van der Waals surface area contributed by atoms with Gasteiger partial charge in [0.05, 0.1) is 40.4 Å². The van der Waals surface area contributed by atoms with E-state index in [0.29, 0.717) is 55.8 Å². The molecule has 2 aliphatic rings. The van der Waals surface area contributed by atoms with Crippen molar-refractivity contribution in [2.24, 2.45) is 0 Å². The van der Waals surface area contributed by atoms with Crippen LogP contribution in [0.15, 0.2) is 36.8 Å². The first-order valence-corrected chi connectivity index (χ1v) is 14.1. The van der Waals surface area contributed by atoms with Crippen LogP contribution in [0.1, 0.15) is 37.5 Å². The maximum absolute atomic E-state index is 10.0. The Labute approximate surface area is 247 Å². The zero-order valence-corrected chi connectivity index (χ0v) is 24.4. The molecule has 6 rings (SSSR count). The number of anilines is 1. The molecule has 0 radical (unpaired) electrons. The second-order valence-electron chi connectivity index (χ2n) is 10.7. The predicted octanol–water partition coefficient (Wildman–Crippen LogP) is 5.30. The standard InChI is InChI=1S/C29H29Cl2N7O3/c1-16(26-21(30)11-33-12-22(26)31)41-25-7-20-23(8-24(25)39-3)36-37-27(20)18-6-17(9-32)28(34-10-18)38-14-29(2,15-38)35-19-4-5-40-13-19/h6-8,10-12,16,19,35H,4-5,13-15H2,1-3H3,(H,36,37)/t16-,19+/m1/s1. The minimum Gasteiger partial charge on any atom is -0.493 e. The van der Waals surface area contributed by atoms with Crippen molar-refractivity contribution in [3.05, 3.63) is 58.0 Å². The van der Waals surface area contributed by atoms with E-state index >= 15 is 0 Å². The molecular weight excluding hydrogens is 565 g/mol. The van der Waals surface area contributed by atoms with E-state index in [1.54, 1.807) is 13.3 Å². The summed E-state index contributed by atoms with van der Waals surface area (Å²) in [5.41, 5.74) is 3.19. The fourth-order valence-corrected chi connectivity index (χ4v) is 6.33. The summed E-state index contributed by atoms with van der Waals surface area (Å²) in [7, 11) is 1.57. The Balaban J connectivity index is 1.27. The lowest BCUT2D eigenvalue weighted by molar-refractivity contribution is 0.175. The maximum Gasteiger partial charge on any atom is 0.162 e. The van der Waals surface area contributed by atoms with E-state index in [1.807, 2.05) is 25.1 Å². The van der Waals surface area contributed by atoms with Crippen molar-refractivity contribution in [3.8, 4) is 28.8 Å². The molecule has 41 heavy (non-hydrogen) atoms. The SMILES string of the molecule is COc1cc2[nH]nc(-c3cnc(N4CC(C)(N[C@H]5CCOC5)C4)c(C#N)c3)c2cc1O[C@H](C)c1c(Cl)cncc1Cl. The van der Waals surface area contributed by atoms with Crippen LogP contribution in [0.2, 0.25) is 10.0 Å². The van der Waals surface area contributed by atoms with Crippen LogP contribution in [0, 0.1) is 11.3 Å². The van der Waals surface area contributed by atoms with Crippen LogP contribution in [-0.2, 0) is 4.74 Å². The summed E-state index contributed by atoms with van der Waals surface area (Å²) in [5, 5.41) is 22.9. The molecule has 12 heteroatoms. The van der Waals surface area contributed by atoms with Gasteiger partial charge in [-0.2, -0.15) is 10.4 Å². The minimum absolute atomic E-state index is 0.0405. The number of methoxy groups -OCH3 is 1. The topological polar surface area (TPSA) is 121 Å². The Kier molecular flexibility index (Phi) is 7.38. The summed E-state index contributed by atoms with van der Waals surface area (Å²) in [5.74, 6) is 1.68. The van der Waals surface area contributed by atoms with Crippen LogP contribution >= 0.6 is 23.2 Å². The van der Waals surface area contributed by atoms with Crippen molar-refractivity contribution in [1.29, 1.82) is 5.26 Å². The number of pyridine rings is 2. The van der Waals surface area contributed by atoms with Crippen LogP contribution in [0.4, 0.5) is 5.82 Å². The molecule has 4 aromatic rings. The largest absolute Gasteiger partial charge is 0.493 e. The van der Waals surface area contributed by atoms with E-state index < -0.39 is 6.10 Å². The van der Waals surface area contributed by atoms with Gasteiger partial charge >= 0.3 is 0 Å². The molecular formula is C29H29Cl2N7O3. The summed E-state index contributed by atoms with van der Waals surface area (Å²) in [6.45, 7) is 7.12. The molecule has 5 heterocycles. The normalized spacial score (nSPS) is 18.6. The lowest BCUT2D eigenvalue weighted by Crippen LogP contribution is -2.69. The van der Waals surface area contributed by atoms with E-state index in [4.69, 9.17) is 42.4 Å². The first kappa shape index (κ1) is 27.5. The van der Waals surface area contributed by atoms with Gasteiger partial charge in [0.15, 0.2) is 11.5 Å². The van der Waals surface area contributed by atoms with Gasteiger partial charge in [0.2, 0.25) is 0 Å². The highest BCUT2D eigenvalue weighted by Gasteiger charge is 2.42. The van der Waals surface area contributed by atoms with Crippen molar-refractivity contribution >= 4 is 39.9 Å². The van der Waals surface area contributed by atoms with Gasteiger partial charge in [-0.05, 0) is 32.4 Å². The zero-order valence-electron chi connectivity index (χ0n) is 22.9. The Hall–Kier alpha value is -3.62. The maximum atomic E-state index is 10.0. The Morgan fingerprint density at radius 3 is 2.66 bits per heavy atom. The lowest BCUT2D eigenvalue weighted by atomic mass is 9.90. The number of hydrogen-bond donors (Lipinski definition) is 2. The monoisotopic (exact) mass is 593 g/mol. The van der Waals surface area contributed by atoms with E-state index in [1.165, 1.54) is 12.4 Å². The summed E-state index contributed by atoms with van der Waals surface area (Å²) < 4.78 is 17.4. The molecule has 0 saturated carbocycles. The summed E-state index contributed by atoms with van der Waals surface area (Å²) in [6.07, 6.45) is 5.35. The number of halogens is 2. The van der Waals surface area contributed by atoms with Gasteiger partial charge < -0.3 is 24.4 Å². The van der Waals surface area contributed by atoms with Crippen molar-refractivity contribution in [3.63, 3.8) is 0 Å². The van der Waals surface area contributed by atoms with Gasteiger partial charge in [0.25, 0.3) is 0 Å². The molecule has 2 atom stereocenters. The van der Waals surface area contributed by atoms with Crippen LogP contribution < -0.4 is 19.7 Å². The highest BCUT2D eigenvalue weighted by molar-refractivity contribution is 6.35. The Morgan fingerprint density at radius 2 is 1.98 bits per heavy atom. The number of nitrogens with zero attached hydrogens (tertiary/aromatic N) is 5. The number of benzene rings is 1. The molecule has 0 amide bonds. The zero-order chi connectivity index (χ0) is 28.7. The van der Waals surface area contributed by atoms with Gasteiger partial charge in [-0.3, -0.25) is 10.1 Å². The average molecular weight is 595 g/mol. The number of H-pyrrole nitrogens is 1. The highest BCUT2D eigenvalue weighted by atomic mass is 35.5. The summed E-state index contributed by atoms with van der Waals surface area (Å²) in [6, 6.07) is 8.19. The number of nitriles is 1. The van der Waals surface area contributed by atoms with Crippen molar-refractivity contribution in [1.82, 2.24) is 25.5 Å². The second kappa shape index (κ2) is 11.0. The fourth-order valence-electron chi connectivity index (χ4n) is 5.66. The molecule has 3 aromatic heterocycles. The fraction of sp³-hybridized carbons (Fsp3) is 0.379. The number of hydrogen-bond acceptors (Lipinski definition) is 9. The summed E-state index contributed by atoms with van der Waals surface area (Å²) in [4.78, 5) is 10.8. The predicted molar refractivity (Wildman–Crippen MR) is 157 cm³/mol. The number of nitrogens with one attached hydrogen (secondary N) is 2. The van der Waals surface area contributed by atoms with Gasteiger partial charge in [0, 0.05) is 66.9 Å². The highest BCUT2D eigenvalue weighted by Crippen LogP contribution is 2.40. The van der Waals surface area contributed by atoms with E-state index in [9.17, 15) is 5.26 Å². The number of fused-ring (bicyclic) bond motifs is 1. The van der Waals surface area contributed by atoms with Crippen LogP contribution in [0.25, 0.3) is 22.2 Å². The van der Waals surface area contributed by atoms with E-state index in [-0.39, 0.29) is 5.54 Å². The molecule has 10 nitrogen and oxygen atoms in total. The third-order valence-corrected chi connectivity index (χ3v) is 8.17. The molecule has 2 fully saturated rings. The quantitative estimate of drug-likeness (QED) is 0.280. The van der Waals surface area contributed by atoms with E-state index in [2.05, 4.69) is 38.4 Å². The van der Waals surface area contributed by atoms with Crippen molar-refractivity contribution in [2.45, 2.75) is 38.0 Å². The Bertz CT molecular complexity index is 1620. The first-order valence-electron chi connectivity index (χ1n) is 13.3. The van der Waals surface area contributed by atoms with Gasteiger partial charge in [-0.15, -0.1) is 0 Å². The molecule has 212 valence electrons. The smallest absolute Gasteiger partial charge is 0.162 e. The summed E-state index contributed by atoms with van der Waals surface area (Å²) >= 11 is 12.7. The number of aromatic nitrogens is 4. The first-order chi connectivity index (χ1) is 19.8. The second-order valence-corrected chi connectivity index (χ2v) is 11.5. The molecule has 0 unspecified atom stereocenters. The van der Waals surface area contributed by atoms with Crippen LogP contribution in [0.5, 0.6) is 11.5 Å². The minimum atomic E-state index is -0.483. The van der Waals surface area contributed by atoms with Gasteiger partial charge in [-0.25, -0.2) is 4.98 Å². The van der Waals surface area contributed by atoms with Crippen LogP contribution in [-0.4, -0.2) is 65.2 Å². The van der Waals surface area contributed by atoms with Crippen molar-refractivity contribution < 1.29 is 14.2 Å². The molecule has 2 aliphatic heterocycles. The average Bonchev–Trinajstić information content (AvgIpc) is 3.60. The molecule has 2 N–H and O–H groups in total. The third kappa shape index (κ3) is 5.26. The number of ether oxygens (including phenoxy) is 3. The molecule has 2 saturated heterocycles. The molecule has 0 bridgehead atoms. The third-order valence-electron chi connectivity index (χ3n) is 7.57. The van der Waals surface area contributed by atoms with Gasteiger partial charge in [-0.1, -0.05) is 23.2 Å². The number of rotatable bonds is 8. The van der Waals surface area contributed by atoms with Crippen molar-refractivity contribution in [2.75, 3.05) is 38.3 Å². The molecule has 0 aliphatic carbocycles. The van der Waals surface area contributed by atoms with E-state index in [0.717, 1.165) is 43.6 Å².